The van der Waals surface area contributed by atoms with Crippen molar-refractivity contribution >= 4 is 41.2 Å². The van der Waals surface area contributed by atoms with Crippen LogP contribution in [-0.4, -0.2) is 98.6 Å². The minimum absolute atomic E-state index is 0.0136. The maximum atomic E-state index is 14.3. The van der Waals surface area contributed by atoms with Crippen molar-refractivity contribution < 1.29 is 43.7 Å². The number of nitrogens with one attached hydrogen (secondary N) is 4. The fourth-order valence-electron chi connectivity index (χ4n) is 6.98. The van der Waals surface area contributed by atoms with Gasteiger partial charge in [-0.15, -0.1) is 0 Å². The molecule has 1 saturated heterocycles. The van der Waals surface area contributed by atoms with Gasteiger partial charge in [-0.2, -0.15) is 0 Å². The number of allylic oxidation sites excluding steroid dienone is 4. The maximum Gasteiger partial charge on any atom is 0.325 e. The van der Waals surface area contributed by atoms with Crippen LogP contribution in [0, 0.1) is 17.8 Å². The summed E-state index contributed by atoms with van der Waals surface area (Å²) < 4.78 is 6.05. The average molecular weight is 841 g/mol. The Balaban J connectivity index is 1.68. The number of pyridine rings is 1. The smallest absolute Gasteiger partial charge is 0.325 e. The van der Waals surface area contributed by atoms with Crippen LogP contribution < -0.4 is 21.4 Å². The molecule has 1 aromatic carbocycles. The zero-order valence-corrected chi connectivity index (χ0v) is 35.5. The van der Waals surface area contributed by atoms with Gasteiger partial charge in [0, 0.05) is 44.0 Å². The zero-order valence-electron chi connectivity index (χ0n) is 35.5. The van der Waals surface area contributed by atoms with E-state index in [4.69, 9.17) is 4.74 Å². The first-order chi connectivity index (χ1) is 29.1. The maximum absolute atomic E-state index is 14.3. The van der Waals surface area contributed by atoms with Gasteiger partial charge < -0.3 is 35.7 Å². The lowest BCUT2D eigenvalue weighted by Gasteiger charge is -2.36. The molecule has 2 aliphatic rings. The van der Waals surface area contributed by atoms with Crippen LogP contribution in [0.25, 0.3) is 0 Å². The van der Waals surface area contributed by atoms with Crippen molar-refractivity contribution in [1.29, 1.82) is 0 Å². The molecule has 15 nitrogen and oxygen atoms in total. The zero-order chi connectivity index (χ0) is 44.5. The minimum Gasteiger partial charge on any atom is -0.456 e. The SMILES string of the molecule is CC(=O)CCC1C(=O)NC(C(C)C)C(=O)NC(Cc2ccccc2)C(=O)N2CCCC(N2)C(=O)O[C@H](/C(C)=C/C=C/C(=O)Nc2ccccn2)C/C=C/C=C/[C@H](O)C(C)C1O. The standard InChI is InChI=1S/C46H60N6O9/c1-29(2)41-44(58)48-36(28-33-17-8-6-9-18-33)45(59)52-27-15-19-35(51-52)46(60)61-38(30(3)16-14-23-40(55)49-39-22-12-13-26-47-39)21-11-7-10-20-37(54)32(5)42(56)34(43(57)50-41)25-24-31(4)53/h6-14,16-18,20,22-23,26,29,32,34-38,41-42,51,54,56H,15,19,21,24-25,27-28H2,1-5H3,(H,48,58)(H,50,57)(H,47,49,55)/b11-7+,20-10+,23-14+,30-16+/t32?,34?,35?,36?,37-,38-,41?,42?/m0/s1. The van der Waals surface area contributed by atoms with Gasteiger partial charge in [-0.25, -0.2) is 10.4 Å². The second-order valence-electron chi connectivity index (χ2n) is 15.9. The number of nitrogens with zero attached hydrogens (tertiary/aromatic N) is 2. The molecule has 3 heterocycles. The lowest BCUT2D eigenvalue weighted by molar-refractivity contribution is -0.156. The highest BCUT2D eigenvalue weighted by Gasteiger charge is 2.38. The lowest BCUT2D eigenvalue weighted by Crippen LogP contribution is -2.62. The Labute approximate surface area is 357 Å². The number of rotatable bonds is 10. The molecule has 4 rings (SSSR count). The van der Waals surface area contributed by atoms with Gasteiger partial charge in [0.25, 0.3) is 5.91 Å². The molecule has 0 spiro atoms. The number of carbonyl (C=O) groups excluding carboxylic acids is 6. The first kappa shape index (κ1) is 47.9. The third-order valence-corrected chi connectivity index (χ3v) is 10.7. The summed E-state index contributed by atoms with van der Waals surface area (Å²) in [6.45, 7) is 8.43. The van der Waals surface area contributed by atoms with Crippen molar-refractivity contribution in [2.45, 2.75) is 110 Å². The molecular formula is C46H60N6O9. The number of cyclic esters (lactones) is 1. The number of ether oxygens (including phenoxy) is 1. The van der Waals surface area contributed by atoms with Crippen molar-refractivity contribution in [3.05, 3.63) is 108 Å². The molecule has 2 aromatic rings. The number of hydrogen-bond acceptors (Lipinski definition) is 11. The number of benzene rings is 1. The first-order valence-corrected chi connectivity index (χ1v) is 20.8. The normalized spacial score (nSPS) is 27.5. The summed E-state index contributed by atoms with van der Waals surface area (Å²) in [7, 11) is 0. The third-order valence-electron chi connectivity index (χ3n) is 10.7. The number of ketones is 1. The van der Waals surface area contributed by atoms with Gasteiger partial charge in [0.05, 0.1) is 18.1 Å². The van der Waals surface area contributed by atoms with Crippen LogP contribution >= 0.6 is 0 Å². The van der Waals surface area contributed by atoms with Crippen LogP contribution in [0.5, 0.6) is 0 Å². The number of amides is 4. The largest absolute Gasteiger partial charge is 0.456 e. The molecular weight excluding hydrogens is 781 g/mol. The summed E-state index contributed by atoms with van der Waals surface area (Å²) in [5.41, 5.74) is 4.40. The van der Waals surface area contributed by atoms with E-state index in [1.54, 1.807) is 76.4 Å². The number of anilines is 1. The number of fused-ring (bicyclic) bond motifs is 2. The molecule has 8 atom stereocenters. The highest BCUT2D eigenvalue weighted by Crippen LogP contribution is 2.24. The fourth-order valence-corrected chi connectivity index (χ4v) is 6.98. The molecule has 0 radical (unpaired) electrons. The quantitative estimate of drug-likeness (QED) is 0.115. The van der Waals surface area contributed by atoms with Gasteiger partial charge in [-0.05, 0) is 62.3 Å². The molecule has 2 bridgehead atoms. The summed E-state index contributed by atoms with van der Waals surface area (Å²) in [6.07, 6.45) is 10.2. The highest BCUT2D eigenvalue weighted by atomic mass is 16.5. The van der Waals surface area contributed by atoms with Gasteiger partial charge in [0.15, 0.2) is 0 Å². The van der Waals surface area contributed by atoms with E-state index in [2.05, 4.69) is 26.4 Å². The van der Waals surface area contributed by atoms with Gasteiger partial charge in [-0.1, -0.05) is 93.6 Å². The number of aliphatic hydroxyl groups is 2. The van der Waals surface area contributed by atoms with Crippen LogP contribution in [0.4, 0.5) is 5.82 Å². The summed E-state index contributed by atoms with van der Waals surface area (Å²) in [4.78, 5) is 84.8. The Hall–Kier alpha value is -5.77. The molecule has 4 amide bonds. The number of hydrogen-bond donors (Lipinski definition) is 6. The van der Waals surface area contributed by atoms with E-state index < -0.39 is 83.8 Å². The van der Waals surface area contributed by atoms with Crippen molar-refractivity contribution in [1.82, 2.24) is 26.1 Å². The molecule has 0 aliphatic carbocycles. The number of esters is 1. The number of aliphatic hydroxyl groups excluding tert-OH is 2. The second-order valence-corrected chi connectivity index (χ2v) is 15.9. The molecule has 1 aromatic heterocycles. The molecule has 0 saturated carbocycles. The van der Waals surface area contributed by atoms with Crippen molar-refractivity contribution in [3.8, 4) is 0 Å². The average Bonchev–Trinajstić information content (AvgIpc) is 3.24. The van der Waals surface area contributed by atoms with Gasteiger partial charge in [0.2, 0.25) is 17.7 Å². The molecule has 1 fully saturated rings. The van der Waals surface area contributed by atoms with Crippen LogP contribution in [0.3, 0.4) is 0 Å². The summed E-state index contributed by atoms with van der Waals surface area (Å²) in [6, 6.07) is 11.1. The minimum atomic E-state index is -1.40. The van der Waals surface area contributed by atoms with E-state index >= 15 is 0 Å². The Kier molecular flexibility index (Phi) is 18.7. The molecule has 328 valence electrons. The first-order valence-electron chi connectivity index (χ1n) is 20.8. The summed E-state index contributed by atoms with van der Waals surface area (Å²) >= 11 is 0. The molecule has 15 heteroatoms. The monoisotopic (exact) mass is 840 g/mol. The highest BCUT2D eigenvalue weighted by molar-refractivity contribution is 5.98. The predicted molar refractivity (Wildman–Crippen MR) is 230 cm³/mol. The summed E-state index contributed by atoms with van der Waals surface area (Å²) in [5.74, 6) is -5.11. The van der Waals surface area contributed by atoms with Gasteiger partial charge in [-0.3, -0.25) is 29.0 Å². The number of aromatic nitrogens is 1. The Morgan fingerprint density at radius 1 is 1.00 bits per heavy atom. The Morgan fingerprint density at radius 3 is 2.43 bits per heavy atom. The second kappa shape index (κ2) is 23.9. The van der Waals surface area contributed by atoms with Crippen molar-refractivity contribution in [2.75, 3.05) is 11.9 Å². The summed E-state index contributed by atoms with van der Waals surface area (Å²) in [5, 5.41) is 32.2. The van der Waals surface area contributed by atoms with Crippen LogP contribution in [0.1, 0.15) is 72.3 Å². The van der Waals surface area contributed by atoms with E-state index in [-0.39, 0.29) is 38.0 Å². The number of Topliss-reactive ketones (excluding diaryl/α,β-unsaturated/α-hetero) is 1. The number of carbonyl (C=O) groups is 6. The Bertz CT molecular complexity index is 1930. The van der Waals surface area contributed by atoms with E-state index in [0.717, 1.165) is 5.56 Å². The van der Waals surface area contributed by atoms with E-state index in [1.807, 2.05) is 30.3 Å². The van der Waals surface area contributed by atoms with Gasteiger partial charge >= 0.3 is 5.97 Å². The van der Waals surface area contributed by atoms with E-state index in [9.17, 15) is 39.0 Å². The Morgan fingerprint density at radius 2 is 1.74 bits per heavy atom. The lowest BCUT2D eigenvalue weighted by atomic mass is 9.84. The molecule has 61 heavy (non-hydrogen) atoms. The molecule has 2 aliphatic heterocycles. The molecule has 6 N–H and O–H groups in total. The van der Waals surface area contributed by atoms with E-state index in [0.29, 0.717) is 24.2 Å². The molecule has 6 unspecified atom stereocenters. The predicted octanol–water partition coefficient (Wildman–Crippen LogP) is 3.66. The van der Waals surface area contributed by atoms with Gasteiger partial charge in [0.1, 0.15) is 35.8 Å². The third kappa shape index (κ3) is 15.0. The van der Waals surface area contributed by atoms with Crippen LogP contribution in [0.15, 0.2) is 103 Å². The van der Waals surface area contributed by atoms with Crippen LogP contribution in [0.2, 0.25) is 0 Å². The van der Waals surface area contributed by atoms with Crippen molar-refractivity contribution in [2.24, 2.45) is 17.8 Å². The van der Waals surface area contributed by atoms with Crippen molar-refractivity contribution in [3.63, 3.8) is 0 Å². The number of hydrazine groups is 1. The van der Waals surface area contributed by atoms with E-state index in [1.165, 1.54) is 30.2 Å². The van der Waals surface area contributed by atoms with Crippen LogP contribution in [-0.2, 0) is 39.9 Å². The topological polar surface area (TPSA) is 216 Å². The fraction of sp³-hybridized carbons (Fsp3) is 0.457.